The number of benzene rings is 1. The Labute approximate surface area is 182 Å². The molecule has 1 aliphatic rings. The van der Waals surface area contributed by atoms with Crippen molar-refractivity contribution in [3.63, 3.8) is 0 Å². The van der Waals surface area contributed by atoms with E-state index in [2.05, 4.69) is 10.3 Å². The van der Waals surface area contributed by atoms with Gasteiger partial charge in [-0.05, 0) is 65.5 Å². The molecule has 31 heavy (non-hydrogen) atoms. The van der Waals surface area contributed by atoms with Gasteiger partial charge in [-0.2, -0.15) is 0 Å². The molecule has 0 radical (unpaired) electrons. The highest BCUT2D eigenvalue weighted by Gasteiger charge is 2.32. The second kappa shape index (κ2) is 9.09. The lowest BCUT2D eigenvalue weighted by Gasteiger charge is -2.32. The SMILES string of the molecule is CCOC(C)(C)C(=O)NC1CCC(Oc2cccc3nc(C)c(C(=O)O)c(N)c23)CC1. The van der Waals surface area contributed by atoms with E-state index in [1.807, 2.05) is 13.0 Å². The quantitative estimate of drug-likeness (QED) is 0.616. The zero-order chi connectivity index (χ0) is 22.8. The molecule has 4 N–H and O–H groups in total. The van der Waals surface area contributed by atoms with Crippen LogP contribution in [0, 0.1) is 6.92 Å². The summed E-state index contributed by atoms with van der Waals surface area (Å²) in [6, 6.07) is 5.49. The smallest absolute Gasteiger partial charge is 0.339 e. The summed E-state index contributed by atoms with van der Waals surface area (Å²) in [6.07, 6.45) is 3.06. The van der Waals surface area contributed by atoms with Crippen molar-refractivity contribution in [1.29, 1.82) is 0 Å². The Kier molecular flexibility index (Phi) is 6.69. The monoisotopic (exact) mass is 429 g/mol. The number of nitrogens with zero attached hydrogens (tertiary/aromatic N) is 1. The molecule has 8 nitrogen and oxygen atoms in total. The average molecular weight is 430 g/mol. The number of nitrogen functional groups attached to an aromatic ring is 1. The van der Waals surface area contributed by atoms with E-state index in [9.17, 15) is 14.7 Å². The van der Waals surface area contributed by atoms with Gasteiger partial charge >= 0.3 is 5.97 Å². The molecule has 1 fully saturated rings. The maximum absolute atomic E-state index is 12.5. The summed E-state index contributed by atoms with van der Waals surface area (Å²) in [5.41, 5.74) is 6.52. The number of aromatic nitrogens is 1. The standard InChI is InChI=1S/C23H31N3O5/c1-5-30-23(3,4)22(29)26-14-9-11-15(12-10-14)31-17-8-6-7-16-19(17)20(24)18(21(27)28)13(2)25-16/h6-8,14-15H,5,9-12H2,1-4H3,(H2,24,25)(H,26,29)(H,27,28). The highest BCUT2D eigenvalue weighted by Crippen LogP contribution is 2.35. The predicted octanol–water partition coefficient (Wildman–Crippen LogP) is 3.44. The molecule has 0 aliphatic heterocycles. The first-order valence-electron chi connectivity index (χ1n) is 10.7. The summed E-state index contributed by atoms with van der Waals surface area (Å²) in [5, 5.41) is 13.1. The van der Waals surface area contributed by atoms with Gasteiger partial charge in [-0.15, -0.1) is 0 Å². The van der Waals surface area contributed by atoms with Gasteiger partial charge in [-0.3, -0.25) is 9.78 Å². The molecular weight excluding hydrogens is 398 g/mol. The van der Waals surface area contributed by atoms with Crippen LogP contribution in [-0.2, 0) is 9.53 Å². The fourth-order valence-electron chi connectivity index (χ4n) is 4.10. The Morgan fingerprint density at radius 1 is 1.26 bits per heavy atom. The number of nitrogens with two attached hydrogens (primary N) is 1. The number of amides is 1. The van der Waals surface area contributed by atoms with Gasteiger partial charge in [0.1, 0.15) is 16.9 Å². The lowest BCUT2D eigenvalue weighted by atomic mass is 9.92. The summed E-state index contributed by atoms with van der Waals surface area (Å²) in [4.78, 5) is 28.5. The average Bonchev–Trinajstić information content (AvgIpc) is 2.69. The molecule has 0 bridgehead atoms. The molecule has 8 heteroatoms. The summed E-state index contributed by atoms with van der Waals surface area (Å²) >= 11 is 0. The van der Waals surface area contributed by atoms with Crippen molar-refractivity contribution in [2.75, 3.05) is 12.3 Å². The van der Waals surface area contributed by atoms with Crippen LogP contribution in [0.25, 0.3) is 10.9 Å². The van der Waals surface area contributed by atoms with E-state index in [1.54, 1.807) is 32.9 Å². The van der Waals surface area contributed by atoms with Gasteiger partial charge in [0.05, 0.1) is 28.4 Å². The van der Waals surface area contributed by atoms with Crippen LogP contribution in [0.3, 0.4) is 0 Å². The summed E-state index contributed by atoms with van der Waals surface area (Å²) in [6.45, 7) is 7.52. The largest absolute Gasteiger partial charge is 0.490 e. The number of carboxylic acids is 1. The van der Waals surface area contributed by atoms with Gasteiger partial charge in [0.15, 0.2) is 0 Å². The Morgan fingerprint density at radius 3 is 2.55 bits per heavy atom. The maximum atomic E-state index is 12.5. The van der Waals surface area contributed by atoms with Crippen LogP contribution in [0.15, 0.2) is 18.2 Å². The highest BCUT2D eigenvalue weighted by atomic mass is 16.5. The number of aromatic carboxylic acids is 1. The third kappa shape index (κ3) is 4.90. The molecule has 0 spiro atoms. The number of rotatable bonds is 7. The van der Waals surface area contributed by atoms with Crippen molar-refractivity contribution in [3.05, 3.63) is 29.5 Å². The molecule has 3 rings (SSSR count). The van der Waals surface area contributed by atoms with E-state index >= 15 is 0 Å². The van der Waals surface area contributed by atoms with Crippen LogP contribution in [0.5, 0.6) is 5.75 Å². The Hall–Kier alpha value is -2.87. The van der Waals surface area contributed by atoms with E-state index in [0.717, 1.165) is 25.7 Å². The zero-order valence-electron chi connectivity index (χ0n) is 18.5. The number of ether oxygens (including phenoxy) is 2. The molecule has 1 aliphatic carbocycles. The fraction of sp³-hybridized carbons (Fsp3) is 0.522. The van der Waals surface area contributed by atoms with Gasteiger partial charge in [-0.1, -0.05) is 6.07 Å². The van der Waals surface area contributed by atoms with Crippen LogP contribution in [0.4, 0.5) is 5.69 Å². The lowest BCUT2D eigenvalue weighted by Crippen LogP contribution is -2.49. The number of carbonyl (C=O) groups is 2. The van der Waals surface area contributed by atoms with Crippen molar-refractivity contribution in [2.24, 2.45) is 0 Å². The third-order valence-electron chi connectivity index (χ3n) is 5.76. The minimum Gasteiger partial charge on any atom is -0.490 e. The molecule has 1 aromatic heterocycles. The molecule has 0 unspecified atom stereocenters. The van der Waals surface area contributed by atoms with E-state index < -0.39 is 11.6 Å². The highest BCUT2D eigenvalue weighted by molar-refractivity contribution is 6.06. The number of aryl methyl sites for hydroxylation is 1. The minimum atomic E-state index is -1.11. The number of hydrogen-bond acceptors (Lipinski definition) is 6. The van der Waals surface area contributed by atoms with Gasteiger partial charge in [-0.25, -0.2) is 4.79 Å². The molecule has 1 saturated carbocycles. The number of pyridine rings is 1. The molecule has 0 atom stereocenters. The summed E-state index contributed by atoms with van der Waals surface area (Å²) in [7, 11) is 0. The van der Waals surface area contributed by atoms with Crippen LogP contribution in [0.1, 0.15) is 62.5 Å². The van der Waals surface area contributed by atoms with Gasteiger partial charge in [0.2, 0.25) is 0 Å². The summed E-state index contributed by atoms with van der Waals surface area (Å²) < 4.78 is 11.8. The molecule has 1 aromatic carbocycles. The first kappa shape index (κ1) is 22.8. The normalized spacial score (nSPS) is 19.2. The van der Waals surface area contributed by atoms with Crippen LogP contribution < -0.4 is 15.8 Å². The third-order valence-corrected chi connectivity index (χ3v) is 5.76. The molecular formula is C23H31N3O5. The van der Waals surface area contributed by atoms with Crippen LogP contribution in [-0.4, -0.2) is 46.3 Å². The van der Waals surface area contributed by atoms with Crippen LogP contribution in [0.2, 0.25) is 0 Å². The van der Waals surface area contributed by atoms with Crippen molar-refractivity contribution in [1.82, 2.24) is 10.3 Å². The van der Waals surface area contributed by atoms with Crippen LogP contribution >= 0.6 is 0 Å². The van der Waals surface area contributed by atoms with Crippen molar-refractivity contribution >= 4 is 28.5 Å². The number of nitrogens with one attached hydrogen (secondary N) is 1. The number of hydrogen-bond donors (Lipinski definition) is 3. The molecule has 2 aromatic rings. The Bertz CT molecular complexity index is 981. The van der Waals surface area contributed by atoms with Gasteiger partial charge < -0.3 is 25.6 Å². The lowest BCUT2D eigenvalue weighted by molar-refractivity contribution is -0.143. The second-order valence-electron chi connectivity index (χ2n) is 8.45. The van der Waals surface area contributed by atoms with E-state index in [-0.39, 0.29) is 29.3 Å². The van der Waals surface area contributed by atoms with Crippen molar-refractivity contribution in [3.8, 4) is 5.75 Å². The second-order valence-corrected chi connectivity index (χ2v) is 8.45. The summed E-state index contributed by atoms with van der Waals surface area (Å²) in [5.74, 6) is -0.677. The maximum Gasteiger partial charge on any atom is 0.339 e. The number of carboxylic acid groups (broad SMARTS) is 1. The fourth-order valence-corrected chi connectivity index (χ4v) is 4.10. The first-order chi connectivity index (χ1) is 14.6. The van der Waals surface area contributed by atoms with E-state index in [4.69, 9.17) is 15.2 Å². The Balaban J connectivity index is 1.70. The van der Waals surface area contributed by atoms with Crippen molar-refractivity contribution in [2.45, 2.75) is 71.1 Å². The number of anilines is 1. The number of carbonyl (C=O) groups excluding carboxylic acids is 1. The topological polar surface area (TPSA) is 124 Å². The molecule has 0 saturated heterocycles. The van der Waals surface area contributed by atoms with Gasteiger partial charge in [0, 0.05) is 12.6 Å². The molecule has 1 amide bonds. The van der Waals surface area contributed by atoms with E-state index in [1.165, 1.54) is 0 Å². The Morgan fingerprint density at radius 2 is 1.94 bits per heavy atom. The van der Waals surface area contributed by atoms with E-state index in [0.29, 0.717) is 29.0 Å². The molecule has 168 valence electrons. The molecule has 1 heterocycles. The predicted molar refractivity (Wildman–Crippen MR) is 118 cm³/mol. The minimum absolute atomic E-state index is 0.00637. The number of fused-ring (bicyclic) bond motifs is 1. The van der Waals surface area contributed by atoms with Crippen molar-refractivity contribution < 1.29 is 24.2 Å². The first-order valence-corrected chi connectivity index (χ1v) is 10.7. The zero-order valence-corrected chi connectivity index (χ0v) is 18.5. The van der Waals surface area contributed by atoms with Gasteiger partial charge in [0.25, 0.3) is 5.91 Å².